The van der Waals surface area contributed by atoms with Crippen molar-refractivity contribution in [2.75, 3.05) is 26.7 Å². The Morgan fingerprint density at radius 1 is 1.17 bits per heavy atom. The molecule has 1 aromatic rings. The SMILES string of the molecule is CN1CCC(Cc2noc([C@@H]3CCC(=O)N(C4CC4)C3)n2)CC1. The fourth-order valence-electron chi connectivity index (χ4n) is 3.85. The van der Waals surface area contributed by atoms with Crippen molar-refractivity contribution in [2.45, 2.75) is 56.9 Å². The van der Waals surface area contributed by atoms with Crippen molar-refractivity contribution in [3.8, 4) is 0 Å². The van der Waals surface area contributed by atoms with Crippen LogP contribution in [-0.2, 0) is 11.2 Å². The molecule has 1 aliphatic carbocycles. The smallest absolute Gasteiger partial charge is 0.231 e. The minimum absolute atomic E-state index is 0.229. The van der Waals surface area contributed by atoms with Gasteiger partial charge in [-0.1, -0.05) is 5.16 Å². The highest BCUT2D eigenvalue weighted by Crippen LogP contribution is 2.35. The third-order valence-corrected chi connectivity index (χ3v) is 5.57. The number of carbonyl (C=O) groups excluding carboxylic acids is 1. The van der Waals surface area contributed by atoms with Gasteiger partial charge in [-0.05, 0) is 58.2 Å². The molecule has 6 heteroatoms. The first-order valence-electron chi connectivity index (χ1n) is 8.99. The Hall–Kier alpha value is -1.43. The summed E-state index contributed by atoms with van der Waals surface area (Å²) < 4.78 is 5.54. The lowest BCUT2D eigenvalue weighted by Crippen LogP contribution is -2.40. The van der Waals surface area contributed by atoms with Crippen LogP contribution in [0.5, 0.6) is 0 Å². The number of nitrogens with zero attached hydrogens (tertiary/aromatic N) is 4. The Kier molecular flexibility index (Phi) is 4.09. The Morgan fingerprint density at radius 3 is 2.70 bits per heavy atom. The summed E-state index contributed by atoms with van der Waals surface area (Å²) in [5, 5.41) is 4.21. The fourth-order valence-corrected chi connectivity index (χ4v) is 3.85. The van der Waals surface area contributed by atoms with Gasteiger partial charge in [-0.3, -0.25) is 4.79 Å². The summed E-state index contributed by atoms with van der Waals surface area (Å²) in [6.45, 7) is 3.09. The van der Waals surface area contributed by atoms with Crippen LogP contribution < -0.4 is 0 Å². The van der Waals surface area contributed by atoms with Crippen LogP contribution in [0.2, 0.25) is 0 Å². The second-order valence-corrected chi connectivity index (χ2v) is 7.51. The fraction of sp³-hybridized carbons (Fsp3) is 0.824. The van der Waals surface area contributed by atoms with Crippen molar-refractivity contribution >= 4 is 5.91 Å². The maximum Gasteiger partial charge on any atom is 0.231 e. The van der Waals surface area contributed by atoms with Crippen LogP contribution in [0.4, 0.5) is 0 Å². The minimum atomic E-state index is 0.229. The van der Waals surface area contributed by atoms with Crippen LogP contribution in [0, 0.1) is 5.92 Å². The Morgan fingerprint density at radius 2 is 1.96 bits per heavy atom. The van der Waals surface area contributed by atoms with Gasteiger partial charge in [0.15, 0.2) is 5.82 Å². The summed E-state index contributed by atoms with van der Waals surface area (Å²) in [7, 11) is 2.18. The van der Waals surface area contributed by atoms with Crippen molar-refractivity contribution in [1.82, 2.24) is 19.9 Å². The first-order valence-corrected chi connectivity index (χ1v) is 8.99. The molecule has 1 saturated carbocycles. The lowest BCUT2D eigenvalue weighted by molar-refractivity contribution is -0.134. The second-order valence-electron chi connectivity index (χ2n) is 7.51. The van der Waals surface area contributed by atoms with Gasteiger partial charge in [0.05, 0.1) is 5.92 Å². The predicted octanol–water partition coefficient (Wildman–Crippen LogP) is 1.82. The van der Waals surface area contributed by atoms with Crippen LogP contribution in [0.1, 0.15) is 56.2 Å². The molecule has 23 heavy (non-hydrogen) atoms. The molecule has 0 bridgehead atoms. The van der Waals surface area contributed by atoms with E-state index in [1.165, 1.54) is 12.8 Å². The highest BCUT2D eigenvalue weighted by molar-refractivity contribution is 5.77. The number of likely N-dealkylation sites (tertiary alicyclic amines) is 2. The molecule has 3 aliphatic rings. The zero-order valence-electron chi connectivity index (χ0n) is 13.9. The maximum atomic E-state index is 12.0. The number of carbonyl (C=O) groups is 1. The van der Waals surface area contributed by atoms with Gasteiger partial charge >= 0.3 is 0 Å². The lowest BCUT2D eigenvalue weighted by atomic mass is 9.93. The van der Waals surface area contributed by atoms with Crippen molar-refractivity contribution in [3.63, 3.8) is 0 Å². The zero-order valence-corrected chi connectivity index (χ0v) is 13.9. The van der Waals surface area contributed by atoms with E-state index < -0.39 is 0 Å². The van der Waals surface area contributed by atoms with E-state index in [9.17, 15) is 4.79 Å². The van der Waals surface area contributed by atoms with Crippen molar-refractivity contribution in [3.05, 3.63) is 11.7 Å². The van der Waals surface area contributed by atoms with Crippen LogP contribution in [-0.4, -0.2) is 58.6 Å². The van der Waals surface area contributed by atoms with Crippen molar-refractivity contribution in [2.24, 2.45) is 5.92 Å². The number of amides is 1. The maximum absolute atomic E-state index is 12.0. The Bertz CT molecular complexity index is 561. The molecule has 0 N–H and O–H groups in total. The summed E-state index contributed by atoms with van der Waals surface area (Å²) >= 11 is 0. The molecule has 1 atom stereocenters. The summed E-state index contributed by atoms with van der Waals surface area (Å²) in [6.07, 6.45) is 7.13. The minimum Gasteiger partial charge on any atom is -0.339 e. The summed E-state index contributed by atoms with van der Waals surface area (Å²) in [5.74, 6) is 2.80. The molecule has 0 spiro atoms. The van der Waals surface area contributed by atoms with E-state index in [1.807, 2.05) is 4.90 Å². The highest BCUT2D eigenvalue weighted by Gasteiger charge is 2.38. The van der Waals surface area contributed by atoms with Gasteiger partial charge in [0, 0.05) is 25.4 Å². The quantitative estimate of drug-likeness (QED) is 0.847. The van der Waals surface area contributed by atoms with Gasteiger partial charge in [-0.2, -0.15) is 4.98 Å². The van der Waals surface area contributed by atoms with Crippen LogP contribution in [0.3, 0.4) is 0 Å². The van der Waals surface area contributed by atoms with E-state index in [1.54, 1.807) is 0 Å². The van der Waals surface area contributed by atoms with E-state index in [4.69, 9.17) is 4.52 Å². The van der Waals surface area contributed by atoms with Gasteiger partial charge in [0.1, 0.15) is 0 Å². The molecule has 6 nitrogen and oxygen atoms in total. The van der Waals surface area contributed by atoms with Gasteiger partial charge in [0.2, 0.25) is 11.8 Å². The second kappa shape index (κ2) is 6.23. The van der Waals surface area contributed by atoms with E-state index in [0.29, 0.717) is 24.3 Å². The van der Waals surface area contributed by atoms with E-state index in [0.717, 1.165) is 57.0 Å². The standard InChI is InChI=1S/C17H26N4O2/c1-20-8-6-12(7-9-20)10-15-18-17(23-19-15)13-2-5-16(22)21(11-13)14-3-4-14/h12-14H,2-11H2,1H3/t13-/m1/s1. The molecule has 2 saturated heterocycles. The number of hydrogen-bond acceptors (Lipinski definition) is 5. The molecule has 2 aliphatic heterocycles. The molecule has 126 valence electrons. The molecule has 4 rings (SSSR count). The Labute approximate surface area is 137 Å². The molecule has 0 radical (unpaired) electrons. The van der Waals surface area contributed by atoms with Crippen molar-refractivity contribution in [1.29, 1.82) is 0 Å². The summed E-state index contributed by atoms with van der Waals surface area (Å²) in [5.41, 5.74) is 0. The number of aromatic nitrogens is 2. The lowest BCUT2D eigenvalue weighted by Gasteiger charge is -2.30. The van der Waals surface area contributed by atoms with Crippen LogP contribution >= 0.6 is 0 Å². The summed E-state index contributed by atoms with van der Waals surface area (Å²) in [6, 6.07) is 0.479. The molecule has 1 amide bonds. The zero-order chi connectivity index (χ0) is 15.8. The molecule has 0 unspecified atom stereocenters. The predicted molar refractivity (Wildman–Crippen MR) is 84.9 cm³/mol. The third kappa shape index (κ3) is 3.42. The average Bonchev–Trinajstić information content (AvgIpc) is 3.29. The summed E-state index contributed by atoms with van der Waals surface area (Å²) in [4.78, 5) is 21.1. The van der Waals surface area contributed by atoms with Crippen LogP contribution in [0.15, 0.2) is 4.52 Å². The number of hydrogen-bond donors (Lipinski definition) is 0. The molecule has 1 aromatic heterocycles. The first-order chi connectivity index (χ1) is 11.2. The van der Waals surface area contributed by atoms with Gasteiger partial charge in [0.25, 0.3) is 0 Å². The molecule has 0 aromatic carbocycles. The number of rotatable bonds is 4. The first kappa shape index (κ1) is 15.1. The van der Waals surface area contributed by atoms with Gasteiger partial charge < -0.3 is 14.3 Å². The largest absolute Gasteiger partial charge is 0.339 e. The number of piperidine rings is 2. The van der Waals surface area contributed by atoms with E-state index >= 15 is 0 Å². The van der Waals surface area contributed by atoms with E-state index in [-0.39, 0.29) is 5.92 Å². The molecular weight excluding hydrogens is 292 g/mol. The molecule has 3 heterocycles. The molecule has 3 fully saturated rings. The van der Waals surface area contributed by atoms with Crippen molar-refractivity contribution < 1.29 is 9.32 Å². The third-order valence-electron chi connectivity index (χ3n) is 5.57. The normalized spacial score (nSPS) is 27.6. The van der Waals surface area contributed by atoms with E-state index in [2.05, 4.69) is 22.1 Å². The van der Waals surface area contributed by atoms with Gasteiger partial charge in [-0.15, -0.1) is 0 Å². The van der Waals surface area contributed by atoms with Gasteiger partial charge in [-0.25, -0.2) is 0 Å². The monoisotopic (exact) mass is 318 g/mol. The topological polar surface area (TPSA) is 62.5 Å². The molecular formula is C17H26N4O2. The average molecular weight is 318 g/mol. The Balaban J connectivity index is 1.36. The highest BCUT2D eigenvalue weighted by atomic mass is 16.5. The van der Waals surface area contributed by atoms with Crippen LogP contribution in [0.25, 0.3) is 0 Å².